The number of halogens is 1. The van der Waals surface area contributed by atoms with Crippen LogP contribution < -0.4 is 16.6 Å². The smallest absolute Gasteiger partial charge is 0.301 e. The molecule has 1 amide bonds. The number of hydrazine groups is 1. The van der Waals surface area contributed by atoms with E-state index in [-0.39, 0.29) is 10.8 Å². The Morgan fingerprint density at radius 1 is 1.60 bits per heavy atom. The Labute approximate surface area is 126 Å². The van der Waals surface area contributed by atoms with Crippen LogP contribution in [0, 0.1) is 6.92 Å². The predicted octanol–water partition coefficient (Wildman–Crippen LogP) is 1.52. The van der Waals surface area contributed by atoms with Gasteiger partial charge in [-0.05, 0) is 36.8 Å². The maximum Gasteiger partial charge on any atom is 0.301 e. The van der Waals surface area contributed by atoms with Gasteiger partial charge in [0.2, 0.25) is 0 Å². The standard InChI is InChI=1S/C12H12ClN5OS/c1-6-8(13)4-3-5-9(6)15-16-10-7(2)17-18(11(10)19)12(14)20/h3-5,15,17H,2H2,1H3,(H2,14,20). The number of hydrogen-bond acceptors (Lipinski definition) is 5. The van der Waals surface area contributed by atoms with Crippen molar-refractivity contribution in [2.24, 2.45) is 10.8 Å². The van der Waals surface area contributed by atoms with E-state index in [2.05, 4.69) is 22.5 Å². The summed E-state index contributed by atoms with van der Waals surface area (Å²) in [7, 11) is 0. The molecule has 1 aromatic rings. The number of carbonyl (C=O) groups is 1. The van der Waals surface area contributed by atoms with Crippen molar-refractivity contribution in [2.75, 3.05) is 5.43 Å². The molecule has 0 bridgehead atoms. The van der Waals surface area contributed by atoms with E-state index in [0.717, 1.165) is 10.6 Å². The van der Waals surface area contributed by atoms with Gasteiger partial charge < -0.3 is 5.73 Å². The molecule has 1 aliphatic heterocycles. The molecule has 8 heteroatoms. The van der Waals surface area contributed by atoms with Crippen molar-refractivity contribution >= 4 is 46.2 Å². The molecule has 0 aromatic heterocycles. The normalized spacial score (nSPS) is 16.5. The molecule has 1 fully saturated rings. The first-order valence-electron chi connectivity index (χ1n) is 5.60. The van der Waals surface area contributed by atoms with Crippen molar-refractivity contribution in [2.45, 2.75) is 6.92 Å². The lowest BCUT2D eigenvalue weighted by molar-refractivity contribution is -0.120. The van der Waals surface area contributed by atoms with Crippen LogP contribution in [0.3, 0.4) is 0 Å². The Morgan fingerprint density at radius 2 is 2.30 bits per heavy atom. The number of amides is 1. The topological polar surface area (TPSA) is 82.8 Å². The Morgan fingerprint density at radius 3 is 2.90 bits per heavy atom. The highest BCUT2D eigenvalue weighted by Crippen LogP contribution is 2.23. The molecule has 104 valence electrons. The molecule has 0 aliphatic carbocycles. The van der Waals surface area contributed by atoms with Crippen LogP contribution >= 0.6 is 23.8 Å². The van der Waals surface area contributed by atoms with Gasteiger partial charge in [0.1, 0.15) is 0 Å². The van der Waals surface area contributed by atoms with Crippen LogP contribution in [0.4, 0.5) is 5.69 Å². The van der Waals surface area contributed by atoms with Crippen molar-refractivity contribution in [1.29, 1.82) is 0 Å². The Balaban J connectivity index is 2.24. The first kappa shape index (κ1) is 14.3. The van der Waals surface area contributed by atoms with E-state index in [9.17, 15) is 4.79 Å². The third-order valence-electron chi connectivity index (χ3n) is 2.71. The van der Waals surface area contributed by atoms with Crippen molar-refractivity contribution in [1.82, 2.24) is 10.4 Å². The van der Waals surface area contributed by atoms with E-state index in [4.69, 9.17) is 29.6 Å². The lowest BCUT2D eigenvalue weighted by Gasteiger charge is -2.11. The van der Waals surface area contributed by atoms with Crippen molar-refractivity contribution in [3.8, 4) is 0 Å². The molecule has 4 N–H and O–H groups in total. The maximum absolute atomic E-state index is 12.0. The summed E-state index contributed by atoms with van der Waals surface area (Å²) < 4.78 is 0. The van der Waals surface area contributed by atoms with Gasteiger partial charge in [-0.25, -0.2) is 0 Å². The van der Waals surface area contributed by atoms with Gasteiger partial charge in [-0.2, -0.15) is 10.1 Å². The fraction of sp³-hybridized carbons (Fsp3) is 0.0833. The number of carbonyl (C=O) groups excluding carboxylic acids is 1. The van der Waals surface area contributed by atoms with E-state index < -0.39 is 5.91 Å². The minimum Gasteiger partial charge on any atom is -0.374 e. The SMILES string of the molecule is C=C1NN(C(N)=S)C(=O)C1=NNc1cccc(Cl)c1C. The first-order chi connectivity index (χ1) is 9.41. The third kappa shape index (κ3) is 2.59. The van der Waals surface area contributed by atoms with Gasteiger partial charge in [-0.1, -0.05) is 24.2 Å². The first-order valence-corrected chi connectivity index (χ1v) is 6.39. The molecular weight excluding hydrogens is 298 g/mol. The number of hydrazone groups is 1. The average Bonchev–Trinajstić information content (AvgIpc) is 2.67. The van der Waals surface area contributed by atoms with Crippen LogP contribution in [0.5, 0.6) is 0 Å². The van der Waals surface area contributed by atoms with E-state index >= 15 is 0 Å². The predicted molar refractivity (Wildman–Crippen MR) is 83.2 cm³/mol. The highest BCUT2D eigenvalue weighted by atomic mass is 35.5. The summed E-state index contributed by atoms with van der Waals surface area (Å²) in [5.41, 5.74) is 12.8. The summed E-state index contributed by atoms with van der Waals surface area (Å²) in [4.78, 5) is 12.0. The second kappa shape index (κ2) is 5.48. The van der Waals surface area contributed by atoms with Crippen molar-refractivity contribution in [3.63, 3.8) is 0 Å². The highest BCUT2D eigenvalue weighted by molar-refractivity contribution is 7.80. The number of nitrogens with zero attached hydrogens (tertiary/aromatic N) is 2. The number of anilines is 1. The van der Waals surface area contributed by atoms with Gasteiger partial charge in [-0.15, -0.1) is 0 Å². The summed E-state index contributed by atoms with van der Waals surface area (Å²) in [6.07, 6.45) is 0. The zero-order valence-electron chi connectivity index (χ0n) is 10.6. The highest BCUT2D eigenvalue weighted by Gasteiger charge is 2.32. The van der Waals surface area contributed by atoms with E-state index in [1.807, 2.05) is 6.92 Å². The lowest BCUT2D eigenvalue weighted by atomic mass is 10.2. The molecule has 1 saturated heterocycles. The number of hydrogen-bond donors (Lipinski definition) is 3. The van der Waals surface area contributed by atoms with Gasteiger partial charge in [0.05, 0.1) is 11.4 Å². The quantitative estimate of drug-likeness (QED) is 0.570. The molecule has 1 heterocycles. The summed E-state index contributed by atoms with van der Waals surface area (Å²) in [5, 5.41) is 5.54. The van der Waals surface area contributed by atoms with Crippen LogP contribution in [0.15, 0.2) is 35.6 Å². The van der Waals surface area contributed by atoms with E-state index in [0.29, 0.717) is 16.4 Å². The van der Waals surface area contributed by atoms with Crippen molar-refractivity contribution < 1.29 is 4.79 Å². The Bertz CT molecular complexity index is 643. The summed E-state index contributed by atoms with van der Waals surface area (Å²) in [5.74, 6) is -0.463. The van der Waals surface area contributed by atoms with Gasteiger partial charge >= 0.3 is 5.91 Å². The molecule has 0 unspecified atom stereocenters. The van der Waals surface area contributed by atoms with Gasteiger partial charge in [0.25, 0.3) is 0 Å². The Kier molecular flexibility index (Phi) is 3.91. The van der Waals surface area contributed by atoms with Gasteiger partial charge in [0, 0.05) is 5.02 Å². The zero-order chi connectivity index (χ0) is 14.9. The largest absolute Gasteiger partial charge is 0.374 e. The molecule has 20 heavy (non-hydrogen) atoms. The molecular formula is C12H12ClN5OS. The molecule has 0 radical (unpaired) electrons. The molecule has 2 rings (SSSR count). The molecule has 0 saturated carbocycles. The van der Waals surface area contributed by atoms with Crippen molar-refractivity contribution in [3.05, 3.63) is 41.1 Å². The molecule has 1 aliphatic rings. The monoisotopic (exact) mass is 309 g/mol. The van der Waals surface area contributed by atoms with E-state index in [1.54, 1.807) is 18.2 Å². The maximum atomic E-state index is 12.0. The molecule has 1 aromatic carbocycles. The summed E-state index contributed by atoms with van der Waals surface area (Å²) in [6.45, 7) is 5.53. The fourth-order valence-corrected chi connectivity index (χ4v) is 1.89. The zero-order valence-corrected chi connectivity index (χ0v) is 12.2. The number of benzene rings is 1. The second-order valence-electron chi connectivity index (χ2n) is 4.05. The molecule has 0 atom stereocenters. The minimum absolute atomic E-state index is 0.0970. The van der Waals surface area contributed by atoms with Crippen LogP contribution in [-0.4, -0.2) is 21.7 Å². The number of nitrogens with one attached hydrogen (secondary N) is 2. The third-order valence-corrected chi connectivity index (χ3v) is 3.31. The van der Waals surface area contributed by atoms with Crippen LogP contribution in [-0.2, 0) is 4.79 Å². The number of thiocarbonyl (C=S) groups is 1. The molecule has 0 spiro atoms. The minimum atomic E-state index is -0.463. The van der Waals surface area contributed by atoms with Gasteiger partial charge in [0.15, 0.2) is 10.8 Å². The van der Waals surface area contributed by atoms with Crippen LogP contribution in [0.1, 0.15) is 5.56 Å². The average molecular weight is 310 g/mol. The number of rotatable bonds is 2. The second-order valence-corrected chi connectivity index (χ2v) is 4.88. The summed E-state index contributed by atoms with van der Waals surface area (Å²) >= 11 is 10.7. The fourth-order valence-electron chi connectivity index (χ4n) is 1.59. The Hall–Kier alpha value is -2.12. The lowest BCUT2D eigenvalue weighted by Crippen LogP contribution is -2.43. The number of nitrogens with two attached hydrogens (primary N) is 1. The summed E-state index contributed by atoms with van der Waals surface area (Å²) in [6, 6.07) is 5.35. The molecule has 6 nitrogen and oxygen atoms in total. The van der Waals surface area contributed by atoms with E-state index in [1.165, 1.54) is 0 Å². The van der Waals surface area contributed by atoms with Crippen LogP contribution in [0.2, 0.25) is 5.02 Å². The van der Waals surface area contributed by atoms with Gasteiger partial charge in [-0.3, -0.25) is 15.6 Å². The van der Waals surface area contributed by atoms with Crippen LogP contribution in [0.25, 0.3) is 0 Å².